The van der Waals surface area contributed by atoms with Gasteiger partial charge in [0.25, 0.3) is 0 Å². The topological polar surface area (TPSA) is 14.1 Å². The minimum atomic E-state index is 0. The molecule has 0 aliphatic carbocycles. The fraction of sp³-hybridized carbons (Fsp3) is 0.100. The predicted molar refractivity (Wildman–Crippen MR) is 46.5 cm³/mol. The molecule has 2 heteroatoms. The third-order valence-corrected chi connectivity index (χ3v) is 1.26. The first-order valence-electron chi connectivity index (χ1n) is 3.59. The first kappa shape index (κ1) is 11.1. The molecule has 0 fully saturated rings. The van der Waals surface area contributed by atoms with E-state index in [4.69, 9.17) is 0 Å². The van der Waals surface area contributed by atoms with Gasteiger partial charge in [0.15, 0.2) is 0 Å². The maximum Gasteiger partial charge on any atom is 2.00 e. The number of rotatable bonds is 0. The normalized spacial score (nSPS) is 7.75. The zero-order valence-electron chi connectivity index (χ0n) is 6.92. The number of hydrogen-bond acceptors (Lipinski definition) is 0. The summed E-state index contributed by atoms with van der Waals surface area (Å²) in [6.45, 7) is 2.02. The molecule has 0 saturated carbocycles. The Morgan fingerprint density at radius 2 is 1.92 bits per heavy atom. The molecule has 1 aromatic heterocycles. The Hall–Kier alpha value is -0.851. The van der Waals surface area contributed by atoms with Crippen molar-refractivity contribution in [2.45, 2.75) is 6.92 Å². The van der Waals surface area contributed by atoms with Crippen LogP contribution in [0.4, 0.5) is 0 Å². The van der Waals surface area contributed by atoms with Gasteiger partial charge in [-0.2, -0.15) is 30.6 Å². The third-order valence-electron chi connectivity index (χ3n) is 1.26. The molecule has 0 aliphatic heterocycles. The van der Waals surface area contributed by atoms with E-state index in [0.29, 0.717) is 0 Å². The zero-order valence-corrected chi connectivity index (χ0v) is 8.02. The molecule has 0 radical (unpaired) electrons. The summed E-state index contributed by atoms with van der Waals surface area (Å²) >= 11 is 0. The van der Waals surface area contributed by atoms with Crippen molar-refractivity contribution in [3.63, 3.8) is 0 Å². The molecule has 64 valence electrons. The number of nitrogens with zero attached hydrogens (tertiary/aromatic N) is 1. The van der Waals surface area contributed by atoms with Crippen molar-refractivity contribution in [2.75, 3.05) is 0 Å². The van der Waals surface area contributed by atoms with Crippen molar-refractivity contribution < 1.29 is 17.1 Å². The van der Waals surface area contributed by atoms with Crippen LogP contribution in [0.2, 0.25) is 0 Å². The molecule has 0 aliphatic rings. The molecule has 1 aromatic carbocycles. The van der Waals surface area contributed by atoms with E-state index >= 15 is 0 Å². The summed E-state index contributed by atoms with van der Waals surface area (Å²) in [5.74, 6) is 0. The molecular formula is C10H11FeN. The van der Waals surface area contributed by atoms with Crippen LogP contribution in [0, 0.1) is 6.92 Å². The van der Waals surface area contributed by atoms with E-state index in [9.17, 15) is 0 Å². The second-order valence-electron chi connectivity index (χ2n) is 2.30. The van der Waals surface area contributed by atoms with Gasteiger partial charge in [-0.15, -0.1) is 0 Å². The van der Waals surface area contributed by atoms with E-state index in [1.54, 1.807) is 6.20 Å². The summed E-state index contributed by atoms with van der Waals surface area (Å²) < 4.78 is 0. The summed E-state index contributed by atoms with van der Waals surface area (Å²) in [6.07, 6.45) is 3.62. The van der Waals surface area contributed by atoms with Crippen LogP contribution in [0.3, 0.4) is 0 Å². The Labute approximate surface area is 83.7 Å². The van der Waals surface area contributed by atoms with Crippen LogP contribution in [0.5, 0.6) is 0 Å². The maximum absolute atomic E-state index is 3.82. The second kappa shape index (κ2) is 6.83. The summed E-state index contributed by atoms with van der Waals surface area (Å²) in [7, 11) is 0. The van der Waals surface area contributed by atoms with Crippen LogP contribution < -0.4 is 4.98 Å². The first-order chi connectivity index (χ1) is 5.39. The molecule has 0 unspecified atom stereocenters. The standard InChI is InChI=1S/C5H6N.C5H5.Fe/c1-5-2-3-6-4-5;1-2-4-5-3-1;/h2-4H,1H3;1-5H;/q2*-1;+2. The average molecular weight is 201 g/mol. The number of hydrogen-bond donors (Lipinski definition) is 0. The minimum absolute atomic E-state index is 0. The van der Waals surface area contributed by atoms with Gasteiger partial charge in [0, 0.05) is 0 Å². The van der Waals surface area contributed by atoms with Gasteiger partial charge in [-0.3, -0.25) is 0 Å². The fourth-order valence-corrected chi connectivity index (χ4v) is 0.685. The van der Waals surface area contributed by atoms with E-state index in [1.807, 2.05) is 49.5 Å². The van der Waals surface area contributed by atoms with Crippen molar-refractivity contribution in [3.05, 3.63) is 54.4 Å². The average Bonchev–Trinajstić information content (AvgIpc) is 2.57. The molecule has 0 bridgehead atoms. The van der Waals surface area contributed by atoms with Crippen LogP contribution >= 0.6 is 0 Å². The number of aromatic nitrogens is 1. The Bertz CT molecular complexity index is 228. The Morgan fingerprint density at radius 1 is 1.25 bits per heavy atom. The molecule has 1 nitrogen and oxygen atoms in total. The Balaban J connectivity index is 0.000000189. The third kappa shape index (κ3) is 4.89. The summed E-state index contributed by atoms with van der Waals surface area (Å²) in [6, 6.07) is 12.0. The summed E-state index contributed by atoms with van der Waals surface area (Å²) in [5, 5.41) is 0. The van der Waals surface area contributed by atoms with Gasteiger partial charge in [-0.1, -0.05) is 11.6 Å². The van der Waals surface area contributed by atoms with E-state index in [2.05, 4.69) is 4.98 Å². The quantitative estimate of drug-likeness (QED) is 0.471. The van der Waals surface area contributed by atoms with Crippen molar-refractivity contribution in [1.82, 2.24) is 4.98 Å². The molecule has 0 amide bonds. The van der Waals surface area contributed by atoms with Gasteiger partial charge in [0.05, 0.1) is 0 Å². The van der Waals surface area contributed by atoms with Gasteiger partial charge < -0.3 is 4.98 Å². The van der Waals surface area contributed by atoms with Gasteiger partial charge >= 0.3 is 17.1 Å². The predicted octanol–water partition coefficient (Wildman–Crippen LogP) is 2.36. The van der Waals surface area contributed by atoms with Crippen molar-refractivity contribution >= 4 is 0 Å². The molecule has 0 N–H and O–H groups in total. The van der Waals surface area contributed by atoms with Crippen molar-refractivity contribution in [2.24, 2.45) is 0 Å². The van der Waals surface area contributed by atoms with E-state index in [1.165, 1.54) is 5.56 Å². The molecule has 12 heavy (non-hydrogen) atoms. The molecule has 0 spiro atoms. The van der Waals surface area contributed by atoms with E-state index in [-0.39, 0.29) is 17.1 Å². The number of aryl methyl sites for hydroxylation is 1. The van der Waals surface area contributed by atoms with E-state index in [0.717, 1.165) is 0 Å². The van der Waals surface area contributed by atoms with Crippen LogP contribution in [0.1, 0.15) is 5.56 Å². The SMILES string of the molecule is Cc1cc[n-]c1.[Fe+2].c1cc[cH-]c1. The molecule has 0 saturated heterocycles. The largest absolute Gasteiger partial charge is 2.00 e. The second-order valence-corrected chi connectivity index (χ2v) is 2.30. The summed E-state index contributed by atoms with van der Waals surface area (Å²) in [5.41, 5.74) is 1.23. The van der Waals surface area contributed by atoms with Gasteiger partial charge in [-0.05, 0) is 6.92 Å². The van der Waals surface area contributed by atoms with Gasteiger partial charge in [0.1, 0.15) is 0 Å². The first-order valence-corrected chi connectivity index (χ1v) is 3.59. The summed E-state index contributed by atoms with van der Waals surface area (Å²) in [4.78, 5) is 3.82. The monoisotopic (exact) mass is 201 g/mol. The molecule has 0 atom stereocenters. The Morgan fingerprint density at radius 3 is 2.08 bits per heavy atom. The van der Waals surface area contributed by atoms with Gasteiger partial charge in [-0.25, -0.2) is 12.1 Å². The maximum atomic E-state index is 3.82. The van der Waals surface area contributed by atoms with Crippen molar-refractivity contribution in [1.29, 1.82) is 0 Å². The zero-order chi connectivity index (χ0) is 7.94. The Kier molecular flexibility index (Phi) is 6.35. The molecule has 2 aromatic rings. The van der Waals surface area contributed by atoms with Crippen molar-refractivity contribution in [3.8, 4) is 0 Å². The van der Waals surface area contributed by atoms with Crippen LogP contribution in [0.15, 0.2) is 48.8 Å². The van der Waals surface area contributed by atoms with Crippen LogP contribution in [-0.2, 0) is 17.1 Å². The van der Waals surface area contributed by atoms with E-state index < -0.39 is 0 Å². The molecule has 2 rings (SSSR count). The minimum Gasteiger partial charge on any atom is -0.670 e. The fourth-order valence-electron chi connectivity index (χ4n) is 0.685. The van der Waals surface area contributed by atoms with Crippen LogP contribution in [0.25, 0.3) is 0 Å². The smallest absolute Gasteiger partial charge is 0.670 e. The molecule has 1 heterocycles. The van der Waals surface area contributed by atoms with Gasteiger partial charge in [0.2, 0.25) is 0 Å². The van der Waals surface area contributed by atoms with Crippen LogP contribution in [-0.4, -0.2) is 0 Å². The molecular weight excluding hydrogens is 190 g/mol.